The van der Waals surface area contributed by atoms with E-state index in [4.69, 9.17) is 0 Å². The molecule has 260 valence electrons. The van der Waals surface area contributed by atoms with Crippen molar-refractivity contribution in [2.24, 2.45) is 4.99 Å². The lowest BCUT2D eigenvalue weighted by atomic mass is 9.94. The van der Waals surface area contributed by atoms with Gasteiger partial charge in [-0.05, 0) is 0 Å². The predicted octanol–water partition coefficient (Wildman–Crippen LogP) is 6.99. The zero-order valence-corrected chi connectivity index (χ0v) is 22.7. The number of aliphatic imine (C=N–C) groups is 1. The molecule has 0 aromatic carbocycles. The van der Waals surface area contributed by atoms with Crippen LogP contribution < -0.4 is 5.32 Å². The topological polar surface area (TPSA) is 122 Å². The number of halogens is 17. The van der Waals surface area contributed by atoms with Gasteiger partial charge in [0, 0.05) is 16.7 Å². The molecule has 50 heavy (non-hydrogen) atoms. The van der Waals surface area contributed by atoms with E-state index < -0.39 is 133 Å². The maximum absolute atomic E-state index is 14.7. The summed E-state index contributed by atoms with van der Waals surface area (Å²) in [6.45, 7) is 0. The number of allylic oxidation sites excluding steroid dienone is 8. The molecule has 1 aliphatic heterocycles. The van der Waals surface area contributed by atoms with Crippen LogP contribution in [0.4, 0.5) is 74.6 Å². The van der Waals surface area contributed by atoms with E-state index >= 15 is 0 Å². The van der Waals surface area contributed by atoms with Crippen LogP contribution in [-0.2, 0) is 0 Å². The summed E-state index contributed by atoms with van der Waals surface area (Å²) in [6, 6.07) is 2.25. The van der Waals surface area contributed by atoms with E-state index in [1.54, 1.807) is 0 Å². The van der Waals surface area contributed by atoms with Crippen molar-refractivity contribution in [3.8, 4) is 18.2 Å². The number of nitrogens with one attached hydrogen (secondary N) is 1. The van der Waals surface area contributed by atoms with Crippen LogP contribution in [0.3, 0.4) is 0 Å². The molecule has 0 bridgehead atoms. The molecule has 0 radical (unpaired) electrons. The number of aromatic nitrogens is 2. The van der Waals surface area contributed by atoms with Gasteiger partial charge in [-0.2, -0.15) is 82.8 Å². The van der Waals surface area contributed by atoms with Gasteiger partial charge in [0.15, 0.2) is 29.0 Å². The molecule has 2 aliphatic rings. The minimum absolute atomic E-state index is 0.569. The summed E-state index contributed by atoms with van der Waals surface area (Å²) in [6.07, 6.45) is -22.7. The Kier molecular flexibility index (Phi) is 8.96. The maximum atomic E-state index is 14.7. The van der Waals surface area contributed by atoms with Gasteiger partial charge in [-0.25, -0.2) is 22.6 Å². The molecule has 1 aliphatic carbocycles. The van der Waals surface area contributed by atoms with Gasteiger partial charge in [-0.1, -0.05) is 0 Å². The van der Waals surface area contributed by atoms with Crippen LogP contribution >= 0.6 is 0 Å². The van der Waals surface area contributed by atoms with Gasteiger partial charge in [-0.3, -0.25) is 0 Å². The zero-order chi connectivity index (χ0) is 38.0. The molecule has 0 spiro atoms. The molecule has 1 N–H and O–H groups in total. The molecule has 24 heteroatoms. The van der Waals surface area contributed by atoms with Crippen molar-refractivity contribution in [2.45, 2.75) is 24.7 Å². The zero-order valence-electron chi connectivity index (χ0n) is 22.7. The first kappa shape index (κ1) is 36.8. The first-order valence-corrected chi connectivity index (χ1v) is 12.1. The monoisotopic (exact) mass is 735 g/mol. The summed E-state index contributed by atoms with van der Waals surface area (Å²) < 4.78 is 240. The fourth-order valence-electron chi connectivity index (χ4n) is 4.45. The number of alkyl halides is 9. The highest BCUT2D eigenvalue weighted by atomic mass is 19.4. The quantitative estimate of drug-likeness (QED) is 0.206. The smallest absolute Gasteiger partial charge is 0.352 e. The lowest BCUT2D eigenvalue weighted by molar-refractivity contribution is -0.160. The van der Waals surface area contributed by atoms with Crippen molar-refractivity contribution in [1.82, 2.24) is 15.3 Å². The van der Waals surface area contributed by atoms with Crippen molar-refractivity contribution >= 4 is 16.9 Å². The number of hydrogen-bond donors (Lipinski definition) is 1. The Balaban J connectivity index is 2.36. The molecule has 3 heterocycles. The fourth-order valence-corrected chi connectivity index (χ4v) is 4.45. The summed E-state index contributed by atoms with van der Waals surface area (Å²) in [5.74, 6) is -20.8. The highest BCUT2D eigenvalue weighted by molar-refractivity contribution is 6.14. The van der Waals surface area contributed by atoms with E-state index in [-0.39, 0.29) is 0 Å². The van der Waals surface area contributed by atoms with Crippen LogP contribution in [0.1, 0.15) is 11.1 Å². The largest absolute Gasteiger partial charge is 0.433 e. The lowest BCUT2D eigenvalue weighted by Crippen LogP contribution is -2.50. The number of rotatable bonds is 3. The molecule has 1 saturated carbocycles. The van der Waals surface area contributed by atoms with E-state index in [0.29, 0.717) is 11.4 Å². The van der Waals surface area contributed by atoms with E-state index in [2.05, 4.69) is 15.0 Å². The average molecular weight is 735 g/mol. The molecule has 0 saturated heterocycles. The van der Waals surface area contributed by atoms with Gasteiger partial charge in [-0.15, -0.1) is 0 Å². The summed E-state index contributed by atoms with van der Waals surface area (Å²) in [4.78, 5) is 6.40. The lowest BCUT2D eigenvalue weighted by Gasteiger charge is -2.30. The number of nitriles is 3. The molecular formula is C26H2F17N7. The van der Waals surface area contributed by atoms with Crippen molar-refractivity contribution in [1.29, 1.82) is 15.8 Å². The Bertz CT molecular complexity index is 2010. The highest BCUT2D eigenvalue weighted by Gasteiger charge is 2.56. The molecule has 1 fully saturated rings. The standard InChI is InChI=1S/C26H2F17N7/c27-13-10(14(28)20(32)49-19(13)31)4(1-44)7-8(5(2-45)11-15(29)21(33)50-22(34)16(11)30)9(7)6(3-46)12-17(24(35,36)37)47-23(26(41,42)43)48-18(12)25(38,39)40/h23,47H. The summed E-state index contributed by atoms with van der Waals surface area (Å²) in [7, 11) is 0. The Morgan fingerprint density at radius 2 is 0.880 bits per heavy atom. The summed E-state index contributed by atoms with van der Waals surface area (Å²) in [5, 5.41) is 29.8. The van der Waals surface area contributed by atoms with Gasteiger partial charge in [0.1, 0.15) is 23.9 Å². The number of pyridine rings is 2. The van der Waals surface area contributed by atoms with Crippen molar-refractivity contribution < 1.29 is 74.6 Å². The SMILES string of the molecule is N#CC(=C1C(=C(C#N)c2c(F)c(F)nc(F)c2F)C1=C(C#N)c1c(F)c(F)nc(F)c1F)C1=C(C(F)(F)F)NC(C(F)(F)F)N=C1C(F)(F)F. The normalized spacial score (nSPS) is 18.5. The van der Waals surface area contributed by atoms with Crippen molar-refractivity contribution in [3.05, 3.63) is 91.7 Å². The average Bonchev–Trinajstić information content (AvgIpc) is 3.71. The second kappa shape index (κ2) is 12.2. The maximum Gasteiger partial charge on any atom is 0.433 e. The Labute approximate surface area is 262 Å². The Hall–Kier alpha value is -5.99. The highest BCUT2D eigenvalue weighted by Crippen LogP contribution is 2.57. The number of nitrogens with zero attached hydrogens (tertiary/aromatic N) is 6. The van der Waals surface area contributed by atoms with Gasteiger partial charge in [0.25, 0.3) is 23.8 Å². The summed E-state index contributed by atoms with van der Waals surface area (Å²) >= 11 is 0. The fraction of sp³-hybridized carbons (Fsp3) is 0.154. The predicted molar refractivity (Wildman–Crippen MR) is 125 cm³/mol. The van der Waals surface area contributed by atoms with Crippen LogP contribution in [0.15, 0.2) is 38.6 Å². The Morgan fingerprint density at radius 3 is 1.16 bits per heavy atom. The van der Waals surface area contributed by atoms with Crippen LogP contribution in [0.25, 0.3) is 11.1 Å². The number of hydrogen-bond acceptors (Lipinski definition) is 7. The molecular weight excluding hydrogens is 733 g/mol. The third kappa shape index (κ3) is 6.06. The first-order valence-electron chi connectivity index (χ1n) is 12.1. The van der Waals surface area contributed by atoms with E-state index in [1.807, 2.05) is 0 Å². The van der Waals surface area contributed by atoms with Gasteiger partial charge >= 0.3 is 18.5 Å². The van der Waals surface area contributed by atoms with Gasteiger partial charge in [0.05, 0.1) is 33.4 Å². The van der Waals surface area contributed by atoms with Crippen molar-refractivity contribution in [3.63, 3.8) is 0 Å². The second-order valence-corrected chi connectivity index (χ2v) is 9.29. The summed E-state index contributed by atoms with van der Waals surface area (Å²) in [5.41, 5.74) is -24.7. The third-order valence-electron chi connectivity index (χ3n) is 6.41. The van der Waals surface area contributed by atoms with Gasteiger partial charge in [0.2, 0.25) is 6.17 Å². The van der Waals surface area contributed by atoms with E-state index in [9.17, 15) is 90.4 Å². The molecule has 1 unspecified atom stereocenters. The third-order valence-corrected chi connectivity index (χ3v) is 6.41. The minimum Gasteiger partial charge on any atom is -0.352 e. The molecule has 4 rings (SSSR count). The van der Waals surface area contributed by atoms with E-state index in [1.165, 1.54) is 0 Å². The molecule has 0 amide bonds. The van der Waals surface area contributed by atoms with Crippen LogP contribution in [0.5, 0.6) is 0 Å². The molecule has 2 aromatic rings. The molecule has 7 nitrogen and oxygen atoms in total. The second-order valence-electron chi connectivity index (χ2n) is 9.29. The molecule has 1 atom stereocenters. The van der Waals surface area contributed by atoms with Crippen LogP contribution in [-0.4, -0.2) is 40.4 Å². The van der Waals surface area contributed by atoms with Crippen LogP contribution in [0, 0.1) is 81.1 Å². The van der Waals surface area contributed by atoms with Crippen LogP contribution in [0.2, 0.25) is 0 Å². The van der Waals surface area contributed by atoms with Crippen molar-refractivity contribution in [2.75, 3.05) is 0 Å². The minimum atomic E-state index is -6.36. The van der Waals surface area contributed by atoms with E-state index in [0.717, 1.165) is 12.1 Å². The van der Waals surface area contributed by atoms with Gasteiger partial charge < -0.3 is 5.32 Å². The molecule has 2 aromatic heterocycles. The first-order chi connectivity index (χ1) is 22.9. The Morgan fingerprint density at radius 1 is 0.540 bits per heavy atom.